The van der Waals surface area contributed by atoms with Crippen molar-refractivity contribution in [1.82, 2.24) is 9.55 Å². The molecule has 0 aromatic carbocycles. The zero-order valence-electron chi connectivity index (χ0n) is 9.94. The van der Waals surface area contributed by atoms with Crippen LogP contribution < -0.4 is 11.4 Å². The molecule has 4 N–H and O–H groups in total. The van der Waals surface area contributed by atoms with Crippen LogP contribution >= 0.6 is 22.6 Å². The maximum absolute atomic E-state index is 11.8. The fraction of sp³-hybridized carbons (Fsp3) is 0.455. The molecule has 2 heterocycles. The second kappa shape index (κ2) is 5.99. The summed E-state index contributed by atoms with van der Waals surface area (Å²) in [5, 5.41) is 18.3. The third-order valence-corrected chi connectivity index (χ3v) is 3.44. The van der Waals surface area contributed by atoms with Gasteiger partial charge in [-0.2, -0.15) is 4.98 Å². The smallest absolute Gasteiger partial charge is 0.351 e. The van der Waals surface area contributed by atoms with Crippen LogP contribution in [0, 0.1) is 5.92 Å². The molecule has 7 nitrogen and oxygen atoms in total. The van der Waals surface area contributed by atoms with Crippen LogP contribution in [-0.4, -0.2) is 39.1 Å². The molecule has 0 unspecified atom stereocenters. The molecule has 19 heavy (non-hydrogen) atoms. The largest absolute Gasteiger partial charge is 0.396 e. The van der Waals surface area contributed by atoms with Gasteiger partial charge in [0.2, 0.25) is 0 Å². The van der Waals surface area contributed by atoms with Crippen molar-refractivity contribution in [2.75, 3.05) is 18.9 Å². The predicted octanol–water partition coefficient (Wildman–Crippen LogP) is -0.271. The molecular formula is C11H14IN3O4. The third kappa shape index (κ3) is 2.66. The normalized spacial score (nSPS) is 26.6. The molecule has 8 heteroatoms. The second-order valence-electron chi connectivity index (χ2n) is 4.16. The maximum atomic E-state index is 11.8. The fourth-order valence-electron chi connectivity index (χ4n) is 2.01. The summed E-state index contributed by atoms with van der Waals surface area (Å²) in [5.74, 6) is -0.183. The number of aliphatic hydroxyl groups excluding tert-OH is 2. The van der Waals surface area contributed by atoms with Crippen LogP contribution in [-0.2, 0) is 4.74 Å². The van der Waals surface area contributed by atoms with Gasteiger partial charge in [-0.1, -0.05) is 22.6 Å². The number of aliphatic hydroxyl groups is 2. The summed E-state index contributed by atoms with van der Waals surface area (Å²) in [6, 6.07) is 0. The zero-order chi connectivity index (χ0) is 14.0. The van der Waals surface area contributed by atoms with Crippen LogP contribution in [0.4, 0.5) is 5.82 Å². The van der Waals surface area contributed by atoms with E-state index < -0.39 is 18.0 Å². The van der Waals surface area contributed by atoms with Crippen molar-refractivity contribution in [2.45, 2.75) is 12.3 Å². The van der Waals surface area contributed by atoms with E-state index in [1.807, 2.05) is 22.6 Å². The van der Waals surface area contributed by atoms with Crippen LogP contribution in [0.1, 0.15) is 11.8 Å². The van der Waals surface area contributed by atoms with Gasteiger partial charge in [0.1, 0.15) is 12.0 Å². The van der Waals surface area contributed by atoms with Crippen LogP contribution in [0.5, 0.6) is 0 Å². The number of aromatic nitrogens is 2. The topological polar surface area (TPSA) is 111 Å². The lowest BCUT2D eigenvalue weighted by atomic mass is 9.95. The van der Waals surface area contributed by atoms with Crippen molar-refractivity contribution < 1.29 is 14.9 Å². The third-order valence-electron chi connectivity index (χ3n) is 3.08. The van der Waals surface area contributed by atoms with E-state index in [0.717, 1.165) is 0 Å². The molecule has 3 atom stereocenters. The van der Waals surface area contributed by atoms with E-state index in [1.54, 1.807) is 16.4 Å². The minimum Gasteiger partial charge on any atom is -0.396 e. The summed E-state index contributed by atoms with van der Waals surface area (Å²) < 4.78 is 8.42. The zero-order valence-corrected chi connectivity index (χ0v) is 12.1. The first kappa shape index (κ1) is 14.4. The number of hydrogen-bond donors (Lipinski definition) is 3. The number of anilines is 1. The van der Waals surface area contributed by atoms with Crippen LogP contribution in [0.3, 0.4) is 0 Å². The van der Waals surface area contributed by atoms with Gasteiger partial charge in [0.05, 0.1) is 25.2 Å². The summed E-state index contributed by atoms with van der Waals surface area (Å²) >= 11 is 2.03. The SMILES string of the molecule is Nc1nc(=O)n([C@@H]2O[C@H](CO)[C@H]2CO)cc1C=CI. The Hall–Kier alpha value is -0.970. The van der Waals surface area contributed by atoms with E-state index in [0.29, 0.717) is 5.56 Å². The molecule has 0 bridgehead atoms. The number of nitrogen functional groups attached to an aromatic ring is 1. The molecule has 1 aromatic rings. The summed E-state index contributed by atoms with van der Waals surface area (Å²) in [6.45, 7) is -0.371. The predicted molar refractivity (Wildman–Crippen MR) is 77.5 cm³/mol. The first-order chi connectivity index (χ1) is 9.12. The number of nitrogens with zero attached hydrogens (tertiary/aromatic N) is 2. The van der Waals surface area contributed by atoms with E-state index in [9.17, 15) is 9.90 Å². The highest BCUT2D eigenvalue weighted by Crippen LogP contribution is 2.35. The quantitative estimate of drug-likeness (QED) is 0.622. The number of halogens is 1. The second-order valence-corrected chi connectivity index (χ2v) is 4.88. The molecule has 0 saturated carbocycles. The van der Waals surface area contributed by atoms with E-state index in [1.165, 1.54) is 4.57 Å². The molecule has 1 aliphatic heterocycles. The first-order valence-electron chi connectivity index (χ1n) is 5.65. The summed E-state index contributed by atoms with van der Waals surface area (Å²) in [6.07, 6.45) is 2.18. The summed E-state index contributed by atoms with van der Waals surface area (Å²) in [4.78, 5) is 15.5. The fourth-order valence-corrected chi connectivity index (χ4v) is 2.40. The van der Waals surface area contributed by atoms with Gasteiger partial charge < -0.3 is 20.7 Å². The van der Waals surface area contributed by atoms with Crippen LogP contribution in [0.25, 0.3) is 6.08 Å². The highest BCUT2D eigenvalue weighted by molar-refractivity contribution is 14.1. The van der Waals surface area contributed by atoms with Crippen molar-refractivity contribution in [1.29, 1.82) is 0 Å². The number of ether oxygens (including phenoxy) is 1. The Morgan fingerprint density at radius 1 is 1.53 bits per heavy atom. The van der Waals surface area contributed by atoms with E-state index in [4.69, 9.17) is 15.6 Å². The van der Waals surface area contributed by atoms with Crippen molar-refractivity contribution in [3.63, 3.8) is 0 Å². The number of hydrogen-bond acceptors (Lipinski definition) is 6. The highest BCUT2D eigenvalue weighted by atomic mass is 127. The van der Waals surface area contributed by atoms with Crippen molar-refractivity contribution in [3.05, 3.63) is 26.3 Å². The lowest BCUT2D eigenvalue weighted by Crippen LogP contribution is -2.52. The Bertz CT molecular complexity index is 545. The van der Waals surface area contributed by atoms with Gasteiger partial charge >= 0.3 is 5.69 Å². The molecule has 0 amide bonds. The molecule has 0 aliphatic carbocycles. The lowest BCUT2D eigenvalue weighted by molar-refractivity contribution is -0.246. The number of rotatable bonds is 4. The average molecular weight is 379 g/mol. The summed E-state index contributed by atoms with van der Waals surface area (Å²) in [5.41, 5.74) is 5.71. The monoisotopic (exact) mass is 379 g/mol. The Kier molecular flexibility index (Phi) is 4.55. The average Bonchev–Trinajstić information content (AvgIpc) is 2.34. The minimum absolute atomic E-state index is 0.146. The first-order valence-corrected chi connectivity index (χ1v) is 6.89. The maximum Gasteiger partial charge on any atom is 0.351 e. The minimum atomic E-state index is -0.621. The lowest BCUT2D eigenvalue weighted by Gasteiger charge is -2.43. The summed E-state index contributed by atoms with van der Waals surface area (Å²) in [7, 11) is 0. The van der Waals surface area contributed by atoms with Crippen molar-refractivity contribution >= 4 is 34.5 Å². The number of nitrogens with two attached hydrogens (primary N) is 1. The molecule has 1 aliphatic rings. The Morgan fingerprint density at radius 3 is 2.84 bits per heavy atom. The van der Waals surface area contributed by atoms with E-state index >= 15 is 0 Å². The van der Waals surface area contributed by atoms with Crippen molar-refractivity contribution in [3.8, 4) is 0 Å². The Morgan fingerprint density at radius 2 is 2.26 bits per heavy atom. The molecular weight excluding hydrogens is 365 g/mol. The van der Waals surface area contributed by atoms with Crippen molar-refractivity contribution in [2.24, 2.45) is 5.92 Å². The van der Waals surface area contributed by atoms with Gasteiger partial charge in [0.25, 0.3) is 0 Å². The van der Waals surface area contributed by atoms with Gasteiger partial charge in [-0.3, -0.25) is 4.57 Å². The van der Waals surface area contributed by atoms with Gasteiger partial charge in [-0.25, -0.2) is 4.79 Å². The van der Waals surface area contributed by atoms with Gasteiger partial charge in [-0.15, -0.1) is 0 Å². The molecule has 1 fully saturated rings. The van der Waals surface area contributed by atoms with Crippen LogP contribution in [0.2, 0.25) is 0 Å². The molecule has 0 spiro atoms. The Balaban J connectivity index is 2.35. The Labute approximate surface area is 122 Å². The van der Waals surface area contributed by atoms with Gasteiger partial charge in [0, 0.05) is 11.8 Å². The van der Waals surface area contributed by atoms with E-state index in [-0.39, 0.29) is 24.9 Å². The molecule has 104 valence electrons. The molecule has 1 aromatic heterocycles. The highest BCUT2D eigenvalue weighted by Gasteiger charge is 2.43. The van der Waals surface area contributed by atoms with E-state index in [2.05, 4.69) is 4.98 Å². The van der Waals surface area contributed by atoms with Gasteiger partial charge in [0.15, 0.2) is 0 Å². The van der Waals surface area contributed by atoms with Gasteiger partial charge in [-0.05, 0) is 10.2 Å². The molecule has 2 rings (SSSR count). The van der Waals surface area contributed by atoms with Crippen LogP contribution in [0.15, 0.2) is 15.1 Å². The standard InChI is InChI=1S/C11H14IN3O4/c12-2-1-6-3-15(11(18)14-9(6)13)10-7(4-16)8(5-17)19-10/h1-3,7-8,10,16-17H,4-5H2,(H2,13,14,18)/t7-,8-,10-/m1/s1. The molecule has 0 radical (unpaired) electrons. The molecule has 1 saturated heterocycles.